The Bertz CT molecular complexity index is 1620. The van der Waals surface area contributed by atoms with Crippen molar-refractivity contribution in [3.05, 3.63) is 121 Å². The Hall–Kier alpha value is -4.10. The van der Waals surface area contributed by atoms with Crippen molar-refractivity contribution in [3.8, 4) is 11.1 Å². The van der Waals surface area contributed by atoms with Crippen LogP contribution in [0, 0.1) is 0 Å². The van der Waals surface area contributed by atoms with Gasteiger partial charge in [0.25, 0.3) is 0 Å². The monoisotopic (exact) mass is 395 g/mol. The summed E-state index contributed by atoms with van der Waals surface area (Å²) in [6.07, 6.45) is 0. The quantitative estimate of drug-likeness (QED) is 0.287. The van der Waals surface area contributed by atoms with Crippen LogP contribution in [0.5, 0.6) is 0 Å². The molecule has 6 aromatic rings. The molecule has 6 rings (SSSR count). The van der Waals surface area contributed by atoms with Crippen LogP contribution in [0.2, 0.25) is 0 Å². The van der Waals surface area contributed by atoms with E-state index in [-0.39, 0.29) is 0 Å². The first-order chi connectivity index (χ1) is 15.4. The lowest BCUT2D eigenvalue weighted by Crippen LogP contribution is -1.81. The van der Waals surface area contributed by atoms with Crippen molar-refractivity contribution in [3.63, 3.8) is 0 Å². The van der Waals surface area contributed by atoms with E-state index in [4.69, 9.17) is 0 Å². The van der Waals surface area contributed by atoms with Crippen LogP contribution in [0.1, 0.15) is 0 Å². The first kappa shape index (κ1) is 17.7. The van der Waals surface area contributed by atoms with Crippen LogP contribution in [0.25, 0.3) is 54.5 Å². The first-order valence-corrected chi connectivity index (χ1v) is 10.6. The van der Waals surface area contributed by atoms with Gasteiger partial charge in [0.15, 0.2) is 0 Å². The second-order valence-electron chi connectivity index (χ2n) is 7.89. The number of fused-ring (bicyclic) bond motifs is 7. The molecular weight excluding hydrogens is 374 g/mol. The predicted octanol–water partition coefficient (Wildman–Crippen LogP) is 8.42. The minimum Gasteiger partial charge on any atom is -0.355 e. The Kier molecular flexibility index (Phi) is 4.18. The summed E-state index contributed by atoms with van der Waals surface area (Å²) in [5.74, 6) is 0. The molecule has 5 aromatic carbocycles. The van der Waals surface area contributed by atoms with Crippen molar-refractivity contribution in [2.45, 2.75) is 0 Å². The zero-order valence-corrected chi connectivity index (χ0v) is 17.0. The fourth-order valence-electron chi connectivity index (χ4n) is 4.56. The van der Waals surface area contributed by atoms with E-state index < -0.39 is 0 Å². The zero-order valence-electron chi connectivity index (χ0n) is 17.0. The van der Waals surface area contributed by atoms with Crippen LogP contribution < -0.4 is 0 Å². The van der Waals surface area contributed by atoms with Gasteiger partial charge in [0.05, 0.1) is 0 Å². The zero-order chi connectivity index (χ0) is 20.6. The van der Waals surface area contributed by atoms with Gasteiger partial charge in [-0.1, -0.05) is 103 Å². The summed E-state index contributed by atoms with van der Waals surface area (Å²) in [6, 6.07) is 43.3. The summed E-state index contributed by atoms with van der Waals surface area (Å²) in [4.78, 5) is 3.74. The van der Waals surface area contributed by atoms with E-state index in [2.05, 4.69) is 126 Å². The Morgan fingerprint density at radius 3 is 1.48 bits per heavy atom. The van der Waals surface area contributed by atoms with E-state index in [0.29, 0.717) is 0 Å². The highest BCUT2D eigenvalue weighted by Gasteiger charge is 2.06. The number of para-hydroxylation sites is 1. The maximum absolute atomic E-state index is 3.74. The van der Waals surface area contributed by atoms with Crippen LogP contribution in [0.3, 0.4) is 0 Å². The molecule has 0 fully saturated rings. The van der Waals surface area contributed by atoms with Gasteiger partial charge in [0.2, 0.25) is 0 Å². The highest BCUT2D eigenvalue weighted by Crippen LogP contribution is 2.32. The molecule has 0 aliphatic carbocycles. The van der Waals surface area contributed by atoms with Crippen LogP contribution in [0.15, 0.2) is 121 Å². The molecule has 0 atom stereocenters. The first-order valence-electron chi connectivity index (χ1n) is 10.6. The molecule has 0 amide bonds. The van der Waals surface area contributed by atoms with Crippen molar-refractivity contribution in [2.75, 3.05) is 0 Å². The Morgan fingerprint density at radius 1 is 0.323 bits per heavy atom. The topological polar surface area (TPSA) is 15.8 Å². The lowest BCUT2D eigenvalue weighted by molar-refractivity contribution is 1.51. The summed E-state index contributed by atoms with van der Waals surface area (Å²) in [6.45, 7) is 0. The fraction of sp³-hybridized carbons (Fsp3) is 0. The van der Waals surface area contributed by atoms with Gasteiger partial charge in [0.1, 0.15) is 0 Å². The van der Waals surface area contributed by atoms with Crippen LogP contribution in [-0.4, -0.2) is 4.98 Å². The summed E-state index contributed by atoms with van der Waals surface area (Å²) < 4.78 is 0. The second kappa shape index (κ2) is 7.30. The van der Waals surface area contributed by atoms with Crippen LogP contribution in [-0.2, 0) is 0 Å². The summed E-state index contributed by atoms with van der Waals surface area (Å²) in [5.41, 5.74) is 4.68. The summed E-state index contributed by atoms with van der Waals surface area (Å²) in [7, 11) is 0. The van der Waals surface area contributed by atoms with Crippen molar-refractivity contribution in [1.82, 2.24) is 4.98 Å². The SMILES string of the molecule is c1ccc(-c2ccc3[nH]c4ccccc4c4ccccc4c4ccccc4c3c2)cc1. The highest BCUT2D eigenvalue weighted by molar-refractivity contribution is 6.19. The number of aromatic amines is 1. The molecule has 0 radical (unpaired) electrons. The number of H-pyrrole nitrogens is 1. The van der Waals surface area contributed by atoms with E-state index >= 15 is 0 Å². The molecule has 1 heteroatoms. The minimum atomic E-state index is 1.12. The molecule has 1 heterocycles. The predicted molar refractivity (Wildman–Crippen MR) is 134 cm³/mol. The average molecular weight is 396 g/mol. The van der Waals surface area contributed by atoms with Crippen molar-refractivity contribution in [2.24, 2.45) is 0 Å². The Balaban J connectivity index is 1.91. The molecule has 0 saturated carbocycles. The molecule has 0 saturated heterocycles. The van der Waals surface area contributed by atoms with Crippen LogP contribution in [0.4, 0.5) is 0 Å². The number of benzene rings is 5. The summed E-state index contributed by atoms with van der Waals surface area (Å²) in [5, 5.41) is 7.42. The van der Waals surface area contributed by atoms with Crippen LogP contribution >= 0.6 is 0 Å². The number of aromatic nitrogens is 1. The molecular formula is C30H21N. The molecule has 0 bridgehead atoms. The molecule has 1 aromatic heterocycles. The third-order valence-corrected chi connectivity index (χ3v) is 6.05. The number of hydrogen-bond donors (Lipinski definition) is 1. The fourth-order valence-corrected chi connectivity index (χ4v) is 4.56. The van der Waals surface area contributed by atoms with E-state index in [9.17, 15) is 0 Å². The third kappa shape index (κ3) is 3.03. The smallest absolute Gasteiger partial charge is 0.0464 e. The molecule has 1 N–H and O–H groups in total. The van der Waals surface area contributed by atoms with E-state index in [1.807, 2.05) is 0 Å². The molecule has 0 unspecified atom stereocenters. The van der Waals surface area contributed by atoms with E-state index in [0.717, 1.165) is 11.0 Å². The maximum Gasteiger partial charge on any atom is 0.0464 e. The van der Waals surface area contributed by atoms with Gasteiger partial charge in [0, 0.05) is 21.8 Å². The average Bonchev–Trinajstić information content (AvgIpc) is 2.89. The standard InChI is InChI=1S/C30H21N/c1-2-10-21(11-3-1)22-18-19-30-28(20-22)26-15-7-5-13-24(26)23-12-4-6-14-25(23)27-16-8-9-17-29(27)31-30/h1-20,31H. The third-order valence-electron chi connectivity index (χ3n) is 6.05. The normalized spacial score (nSPS) is 11.2. The maximum atomic E-state index is 3.74. The van der Waals surface area contributed by atoms with E-state index in [1.54, 1.807) is 0 Å². The molecule has 1 nitrogen and oxygen atoms in total. The molecule has 0 aliphatic heterocycles. The highest BCUT2D eigenvalue weighted by atomic mass is 14.7. The molecule has 31 heavy (non-hydrogen) atoms. The number of nitrogens with one attached hydrogen (secondary N) is 1. The van der Waals surface area contributed by atoms with Crippen molar-refractivity contribution in [1.29, 1.82) is 0 Å². The minimum absolute atomic E-state index is 1.12. The molecule has 0 aliphatic rings. The number of hydrogen-bond acceptors (Lipinski definition) is 0. The van der Waals surface area contributed by atoms with Gasteiger partial charge in [-0.25, -0.2) is 0 Å². The van der Waals surface area contributed by atoms with Gasteiger partial charge in [-0.2, -0.15) is 0 Å². The lowest BCUT2D eigenvalue weighted by atomic mass is 9.99. The van der Waals surface area contributed by atoms with Gasteiger partial charge < -0.3 is 4.98 Å². The Labute approximate surface area is 180 Å². The van der Waals surface area contributed by atoms with E-state index in [1.165, 1.54) is 43.4 Å². The summed E-state index contributed by atoms with van der Waals surface area (Å²) >= 11 is 0. The Morgan fingerprint density at radius 2 is 0.806 bits per heavy atom. The van der Waals surface area contributed by atoms with Gasteiger partial charge in [-0.15, -0.1) is 0 Å². The van der Waals surface area contributed by atoms with Gasteiger partial charge >= 0.3 is 0 Å². The van der Waals surface area contributed by atoms with Crippen molar-refractivity contribution < 1.29 is 0 Å². The number of rotatable bonds is 1. The van der Waals surface area contributed by atoms with Gasteiger partial charge in [-0.3, -0.25) is 0 Å². The second-order valence-corrected chi connectivity index (χ2v) is 7.89. The van der Waals surface area contributed by atoms with Gasteiger partial charge in [-0.05, 0) is 50.9 Å². The molecule has 146 valence electrons. The van der Waals surface area contributed by atoms with Crippen molar-refractivity contribution >= 4 is 43.4 Å². The largest absolute Gasteiger partial charge is 0.355 e. The lowest BCUT2D eigenvalue weighted by Gasteiger charge is -2.06. The molecule has 0 spiro atoms.